The third kappa shape index (κ3) is 4.26. The first-order valence-corrected chi connectivity index (χ1v) is 10.0. The Hall–Kier alpha value is -3.36. The van der Waals surface area contributed by atoms with Gasteiger partial charge < -0.3 is 14.8 Å². The summed E-state index contributed by atoms with van der Waals surface area (Å²) in [6, 6.07) is 7.12. The Bertz CT molecular complexity index is 1180. The van der Waals surface area contributed by atoms with Gasteiger partial charge in [-0.25, -0.2) is 4.98 Å². The minimum Gasteiger partial charge on any atom is -0.372 e. The van der Waals surface area contributed by atoms with Crippen LogP contribution in [0, 0.1) is 0 Å². The zero-order valence-corrected chi connectivity index (χ0v) is 17.0. The van der Waals surface area contributed by atoms with Gasteiger partial charge in [-0.2, -0.15) is 13.2 Å². The maximum atomic E-state index is 13.0. The zero-order valence-electron chi connectivity index (χ0n) is 17.0. The van der Waals surface area contributed by atoms with Crippen LogP contribution < -0.4 is 10.5 Å². The van der Waals surface area contributed by atoms with E-state index in [0.29, 0.717) is 10.9 Å². The van der Waals surface area contributed by atoms with E-state index in [2.05, 4.69) is 38.3 Å². The van der Waals surface area contributed by atoms with Crippen molar-refractivity contribution in [1.29, 1.82) is 0 Å². The van der Waals surface area contributed by atoms with Gasteiger partial charge in [0.1, 0.15) is 5.69 Å². The highest BCUT2D eigenvalue weighted by atomic mass is 19.4. The van der Waals surface area contributed by atoms with Gasteiger partial charge in [0.2, 0.25) is 0 Å². The van der Waals surface area contributed by atoms with Crippen LogP contribution in [-0.2, 0) is 6.18 Å². The standard InChI is InChI=1S/C22H22F3N5O/c1-3-14(2)29-8-10-30(11-9-29)16-4-5-18-17(13-16)21(31)28-20(27-18)19-12-15(6-7-26-19)22(23,24)25/h4-7,12-13H,2-3,8-11H2,1H3,(H,27,28,31). The molecule has 6 nitrogen and oxygen atoms in total. The van der Waals surface area contributed by atoms with E-state index in [1.807, 2.05) is 6.07 Å². The smallest absolute Gasteiger partial charge is 0.372 e. The number of H-pyrrole nitrogens is 1. The van der Waals surface area contributed by atoms with Crippen LogP contribution in [0.1, 0.15) is 18.9 Å². The molecule has 3 aromatic rings. The molecule has 4 rings (SSSR count). The number of piperazine rings is 1. The summed E-state index contributed by atoms with van der Waals surface area (Å²) in [6.45, 7) is 9.51. The first-order valence-electron chi connectivity index (χ1n) is 10.0. The number of anilines is 1. The molecule has 0 atom stereocenters. The molecule has 2 aromatic heterocycles. The number of fused-ring (bicyclic) bond motifs is 1. The number of nitrogens with zero attached hydrogens (tertiary/aromatic N) is 4. The molecule has 31 heavy (non-hydrogen) atoms. The van der Waals surface area contributed by atoms with E-state index in [-0.39, 0.29) is 11.5 Å². The summed E-state index contributed by atoms with van der Waals surface area (Å²) < 4.78 is 39.0. The van der Waals surface area contributed by atoms with Crippen LogP contribution in [0.3, 0.4) is 0 Å². The molecule has 9 heteroatoms. The predicted octanol–water partition coefficient (Wildman–Crippen LogP) is 4.05. The lowest BCUT2D eigenvalue weighted by Crippen LogP contribution is -2.45. The average molecular weight is 429 g/mol. The van der Waals surface area contributed by atoms with Gasteiger partial charge in [-0.3, -0.25) is 9.78 Å². The zero-order chi connectivity index (χ0) is 22.2. The number of nitrogens with one attached hydrogen (secondary N) is 1. The Balaban J connectivity index is 1.62. The molecule has 1 fully saturated rings. The lowest BCUT2D eigenvalue weighted by molar-refractivity contribution is -0.137. The van der Waals surface area contributed by atoms with E-state index in [1.165, 1.54) is 0 Å². The first-order chi connectivity index (χ1) is 14.8. The Kier molecular flexibility index (Phi) is 5.43. The molecule has 0 spiro atoms. The van der Waals surface area contributed by atoms with Crippen molar-refractivity contribution < 1.29 is 13.2 Å². The highest BCUT2D eigenvalue weighted by Crippen LogP contribution is 2.30. The maximum Gasteiger partial charge on any atom is 0.416 e. The third-order valence-electron chi connectivity index (χ3n) is 5.52. The molecule has 1 aliphatic rings. The fourth-order valence-corrected chi connectivity index (χ4v) is 3.69. The van der Waals surface area contributed by atoms with Gasteiger partial charge in [-0.15, -0.1) is 0 Å². The van der Waals surface area contributed by atoms with Crippen LogP contribution in [0.25, 0.3) is 22.4 Å². The van der Waals surface area contributed by atoms with Crippen molar-refractivity contribution in [3.63, 3.8) is 0 Å². The summed E-state index contributed by atoms with van der Waals surface area (Å²) in [7, 11) is 0. The Labute approximate surface area is 177 Å². The molecule has 3 heterocycles. The number of aromatic amines is 1. The number of hydrogen-bond acceptors (Lipinski definition) is 5. The fourth-order valence-electron chi connectivity index (χ4n) is 3.69. The van der Waals surface area contributed by atoms with Gasteiger partial charge >= 0.3 is 6.18 Å². The van der Waals surface area contributed by atoms with Gasteiger partial charge in [0.15, 0.2) is 5.82 Å². The lowest BCUT2D eigenvalue weighted by Gasteiger charge is -2.38. The number of rotatable bonds is 4. The van der Waals surface area contributed by atoms with Gasteiger partial charge in [0.05, 0.1) is 16.5 Å². The average Bonchev–Trinajstić information content (AvgIpc) is 2.78. The topological polar surface area (TPSA) is 65.1 Å². The second kappa shape index (κ2) is 8.05. The molecule has 0 bridgehead atoms. The summed E-state index contributed by atoms with van der Waals surface area (Å²) in [5, 5.41) is 0.383. The molecule has 1 aliphatic heterocycles. The second-order valence-electron chi connectivity index (χ2n) is 7.44. The van der Waals surface area contributed by atoms with E-state index >= 15 is 0 Å². The fraction of sp³-hybridized carbons (Fsp3) is 0.318. The van der Waals surface area contributed by atoms with Crippen molar-refractivity contribution in [3.05, 3.63) is 64.7 Å². The van der Waals surface area contributed by atoms with Crippen LogP contribution >= 0.6 is 0 Å². The quantitative estimate of drug-likeness (QED) is 0.678. The van der Waals surface area contributed by atoms with Gasteiger partial charge in [-0.1, -0.05) is 13.5 Å². The monoisotopic (exact) mass is 429 g/mol. The van der Waals surface area contributed by atoms with Crippen LogP contribution in [0.5, 0.6) is 0 Å². The van der Waals surface area contributed by atoms with Crippen LogP contribution in [0.2, 0.25) is 0 Å². The summed E-state index contributed by atoms with van der Waals surface area (Å²) in [5.41, 5.74) is 1.13. The van der Waals surface area contributed by atoms with Gasteiger partial charge in [0.25, 0.3) is 5.56 Å². The van der Waals surface area contributed by atoms with E-state index in [0.717, 1.165) is 62.3 Å². The van der Waals surface area contributed by atoms with Crippen molar-refractivity contribution in [1.82, 2.24) is 19.9 Å². The minimum atomic E-state index is -4.50. The molecule has 1 N–H and O–H groups in total. The summed E-state index contributed by atoms with van der Waals surface area (Å²) in [4.78, 5) is 28.0. The van der Waals surface area contributed by atoms with Crippen LogP contribution in [0.4, 0.5) is 18.9 Å². The SMILES string of the molecule is C=C(CC)N1CCN(c2ccc3nc(-c4cc(C(F)(F)F)ccn4)[nH]c(=O)c3c2)CC1. The van der Waals surface area contributed by atoms with Crippen LogP contribution in [-0.4, -0.2) is 46.0 Å². The summed E-state index contributed by atoms with van der Waals surface area (Å²) in [5.74, 6) is 0.00282. The van der Waals surface area contributed by atoms with E-state index in [4.69, 9.17) is 0 Å². The van der Waals surface area contributed by atoms with E-state index in [1.54, 1.807) is 12.1 Å². The number of pyridine rings is 1. The Morgan fingerprint density at radius 1 is 1.16 bits per heavy atom. The molecular weight excluding hydrogens is 407 g/mol. The number of aromatic nitrogens is 3. The number of alkyl halides is 3. The highest BCUT2D eigenvalue weighted by Gasteiger charge is 2.31. The molecule has 0 radical (unpaired) electrons. The van der Waals surface area contributed by atoms with Crippen LogP contribution in [0.15, 0.2) is 53.6 Å². The minimum absolute atomic E-state index is 0.00282. The normalized spacial score (nSPS) is 14.8. The third-order valence-corrected chi connectivity index (χ3v) is 5.52. The molecule has 1 aromatic carbocycles. The van der Waals surface area contributed by atoms with Crippen molar-refractivity contribution in [2.75, 3.05) is 31.1 Å². The van der Waals surface area contributed by atoms with Crippen molar-refractivity contribution in [2.24, 2.45) is 0 Å². The Morgan fingerprint density at radius 2 is 1.90 bits per heavy atom. The van der Waals surface area contributed by atoms with Crippen molar-refractivity contribution >= 4 is 16.6 Å². The van der Waals surface area contributed by atoms with E-state index in [9.17, 15) is 18.0 Å². The molecule has 162 valence electrons. The van der Waals surface area contributed by atoms with E-state index < -0.39 is 17.3 Å². The number of hydrogen-bond donors (Lipinski definition) is 1. The molecular formula is C22H22F3N5O. The second-order valence-corrected chi connectivity index (χ2v) is 7.44. The maximum absolute atomic E-state index is 13.0. The molecule has 0 saturated carbocycles. The molecule has 1 saturated heterocycles. The largest absolute Gasteiger partial charge is 0.416 e. The van der Waals surface area contributed by atoms with Gasteiger partial charge in [0, 0.05) is 43.8 Å². The number of halogens is 3. The summed E-state index contributed by atoms with van der Waals surface area (Å²) >= 11 is 0. The first kappa shape index (κ1) is 20.9. The molecule has 0 unspecified atom stereocenters. The number of allylic oxidation sites excluding steroid dienone is 1. The van der Waals surface area contributed by atoms with Gasteiger partial charge in [-0.05, 0) is 36.8 Å². The predicted molar refractivity (Wildman–Crippen MR) is 114 cm³/mol. The Morgan fingerprint density at radius 3 is 2.58 bits per heavy atom. The highest BCUT2D eigenvalue weighted by molar-refractivity contribution is 5.83. The van der Waals surface area contributed by atoms with Crippen molar-refractivity contribution in [3.8, 4) is 11.5 Å². The van der Waals surface area contributed by atoms with Crippen molar-refractivity contribution in [2.45, 2.75) is 19.5 Å². The molecule has 0 aliphatic carbocycles. The summed E-state index contributed by atoms with van der Waals surface area (Å²) in [6.07, 6.45) is -2.53. The lowest BCUT2D eigenvalue weighted by atomic mass is 10.1. The molecule has 0 amide bonds. The number of benzene rings is 1.